The molecule has 3 N–H and O–H groups in total. The molecule has 0 fully saturated rings. The molecule has 2 aromatic rings. The molecule has 0 saturated heterocycles. The van der Waals surface area contributed by atoms with Gasteiger partial charge in [0.2, 0.25) is 0 Å². The Balaban J connectivity index is 2.34. The number of hydrogen-bond donors (Lipinski definition) is 2. The molecule has 2 aromatic carbocycles. The Kier molecular flexibility index (Phi) is 4.66. The molecule has 2 nitrogen and oxygen atoms in total. The van der Waals surface area contributed by atoms with E-state index in [1.54, 1.807) is 6.07 Å². The molecule has 2 rings (SSSR count). The van der Waals surface area contributed by atoms with E-state index in [-0.39, 0.29) is 17.8 Å². The van der Waals surface area contributed by atoms with Crippen molar-refractivity contribution in [2.75, 3.05) is 0 Å². The van der Waals surface area contributed by atoms with E-state index in [2.05, 4.69) is 24.5 Å². The van der Waals surface area contributed by atoms with E-state index < -0.39 is 0 Å². The fourth-order valence-corrected chi connectivity index (χ4v) is 2.51. The first-order valence-corrected chi connectivity index (χ1v) is 6.52. The van der Waals surface area contributed by atoms with E-state index in [4.69, 9.17) is 5.84 Å². The first kappa shape index (κ1) is 13.7. The zero-order valence-electron chi connectivity index (χ0n) is 11.0. The average Bonchev–Trinajstić information content (AvgIpc) is 2.45. The zero-order valence-corrected chi connectivity index (χ0v) is 11.0. The molecule has 0 radical (unpaired) electrons. The van der Waals surface area contributed by atoms with Crippen LogP contribution >= 0.6 is 0 Å². The minimum atomic E-state index is -0.235. The van der Waals surface area contributed by atoms with Crippen LogP contribution in [0.4, 0.5) is 4.39 Å². The minimum absolute atomic E-state index is 0.0944. The van der Waals surface area contributed by atoms with Crippen molar-refractivity contribution in [3.05, 3.63) is 71.5 Å². The molecule has 0 aromatic heterocycles. The van der Waals surface area contributed by atoms with Crippen molar-refractivity contribution in [1.29, 1.82) is 0 Å². The number of rotatable bonds is 5. The highest BCUT2D eigenvalue weighted by Crippen LogP contribution is 2.33. The second kappa shape index (κ2) is 6.45. The van der Waals surface area contributed by atoms with Crippen molar-refractivity contribution in [3.8, 4) is 0 Å². The first-order chi connectivity index (χ1) is 9.26. The van der Waals surface area contributed by atoms with Crippen molar-refractivity contribution in [1.82, 2.24) is 5.43 Å². The Bertz CT molecular complexity index is 513. The smallest absolute Gasteiger partial charge is 0.123 e. The van der Waals surface area contributed by atoms with Crippen LogP contribution in [0.25, 0.3) is 0 Å². The van der Waals surface area contributed by atoms with Crippen LogP contribution in [0.3, 0.4) is 0 Å². The maximum absolute atomic E-state index is 13.4. The minimum Gasteiger partial charge on any atom is -0.271 e. The zero-order chi connectivity index (χ0) is 13.7. The molecule has 0 aliphatic heterocycles. The molecule has 0 bridgehead atoms. The van der Waals surface area contributed by atoms with Gasteiger partial charge in [0.15, 0.2) is 0 Å². The third-order valence-electron chi connectivity index (χ3n) is 3.46. The van der Waals surface area contributed by atoms with Gasteiger partial charge in [-0.05, 0) is 29.7 Å². The predicted octanol–water partition coefficient (Wildman–Crippen LogP) is 3.52. The first-order valence-electron chi connectivity index (χ1n) is 6.52. The van der Waals surface area contributed by atoms with E-state index in [1.807, 2.05) is 24.3 Å². The maximum atomic E-state index is 13.4. The molecule has 0 heterocycles. The number of nitrogens with two attached hydrogens (primary N) is 1. The number of benzene rings is 2. The summed E-state index contributed by atoms with van der Waals surface area (Å²) in [4.78, 5) is 0. The molecule has 2 unspecified atom stereocenters. The highest BCUT2D eigenvalue weighted by Gasteiger charge is 2.22. The monoisotopic (exact) mass is 258 g/mol. The molecular formula is C16H19FN2. The van der Waals surface area contributed by atoms with Crippen molar-refractivity contribution < 1.29 is 4.39 Å². The standard InChI is InChI=1S/C16H19FN2/c1-2-15(12-7-4-3-5-8-12)16(19-18)13-9-6-10-14(17)11-13/h3-11,15-16,19H,2,18H2,1H3. The van der Waals surface area contributed by atoms with Crippen molar-refractivity contribution in [2.24, 2.45) is 5.84 Å². The Morgan fingerprint density at radius 2 is 1.74 bits per heavy atom. The third kappa shape index (κ3) is 3.19. The van der Waals surface area contributed by atoms with Gasteiger partial charge in [0.1, 0.15) is 5.82 Å². The van der Waals surface area contributed by atoms with E-state index in [1.165, 1.54) is 17.7 Å². The van der Waals surface area contributed by atoms with Gasteiger partial charge in [-0.25, -0.2) is 4.39 Å². The summed E-state index contributed by atoms with van der Waals surface area (Å²) in [6, 6.07) is 16.7. The van der Waals surface area contributed by atoms with Gasteiger partial charge in [-0.1, -0.05) is 49.4 Å². The van der Waals surface area contributed by atoms with Crippen molar-refractivity contribution >= 4 is 0 Å². The summed E-state index contributed by atoms with van der Waals surface area (Å²) in [5.74, 6) is 5.68. The molecule has 100 valence electrons. The van der Waals surface area contributed by atoms with Crippen LogP contribution in [0.5, 0.6) is 0 Å². The molecule has 0 amide bonds. The molecule has 0 spiro atoms. The fraction of sp³-hybridized carbons (Fsp3) is 0.250. The van der Waals surface area contributed by atoms with Gasteiger partial charge in [-0.3, -0.25) is 11.3 Å². The highest BCUT2D eigenvalue weighted by atomic mass is 19.1. The Hall–Kier alpha value is -1.71. The third-order valence-corrected chi connectivity index (χ3v) is 3.46. The average molecular weight is 258 g/mol. The number of hydrogen-bond acceptors (Lipinski definition) is 2. The van der Waals surface area contributed by atoms with E-state index >= 15 is 0 Å². The SMILES string of the molecule is CCC(c1ccccc1)C(NN)c1cccc(F)c1. The number of hydrazine groups is 1. The molecule has 0 saturated carbocycles. The van der Waals surface area contributed by atoms with Crippen LogP contribution in [0.2, 0.25) is 0 Å². The summed E-state index contributed by atoms with van der Waals surface area (Å²) >= 11 is 0. The van der Waals surface area contributed by atoms with Gasteiger partial charge in [-0.2, -0.15) is 0 Å². The largest absolute Gasteiger partial charge is 0.271 e. The fourth-order valence-electron chi connectivity index (χ4n) is 2.51. The second-order valence-corrected chi connectivity index (χ2v) is 4.62. The van der Waals surface area contributed by atoms with Gasteiger partial charge < -0.3 is 0 Å². The van der Waals surface area contributed by atoms with Crippen LogP contribution < -0.4 is 11.3 Å². The lowest BCUT2D eigenvalue weighted by Crippen LogP contribution is -2.32. The lowest BCUT2D eigenvalue weighted by molar-refractivity contribution is 0.443. The van der Waals surface area contributed by atoms with Crippen LogP contribution in [0, 0.1) is 5.82 Å². The van der Waals surface area contributed by atoms with Crippen molar-refractivity contribution in [2.45, 2.75) is 25.3 Å². The summed E-state index contributed by atoms with van der Waals surface area (Å²) in [6.07, 6.45) is 0.926. The van der Waals surface area contributed by atoms with Gasteiger partial charge in [0.25, 0.3) is 0 Å². The van der Waals surface area contributed by atoms with E-state index in [0.717, 1.165) is 12.0 Å². The predicted molar refractivity (Wildman–Crippen MR) is 75.9 cm³/mol. The summed E-state index contributed by atoms with van der Waals surface area (Å²) in [7, 11) is 0. The van der Waals surface area contributed by atoms with Crippen molar-refractivity contribution in [3.63, 3.8) is 0 Å². The lowest BCUT2D eigenvalue weighted by atomic mass is 9.85. The number of nitrogens with one attached hydrogen (secondary N) is 1. The Morgan fingerprint density at radius 3 is 2.32 bits per heavy atom. The normalized spacial score (nSPS) is 14.1. The van der Waals surface area contributed by atoms with Crippen LogP contribution in [0.15, 0.2) is 54.6 Å². The second-order valence-electron chi connectivity index (χ2n) is 4.62. The highest BCUT2D eigenvalue weighted by molar-refractivity contribution is 5.28. The lowest BCUT2D eigenvalue weighted by Gasteiger charge is -2.26. The summed E-state index contributed by atoms with van der Waals surface area (Å²) in [5.41, 5.74) is 4.91. The molecule has 19 heavy (non-hydrogen) atoms. The van der Waals surface area contributed by atoms with Crippen LogP contribution in [0.1, 0.15) is 36.4 Å². The van der Waals surface area contributed by atoms with Gasteiger partial charge in [0, 0.05) is 5.92 Å². The van der Waals surface area contributed by atoms with Gasteiger partial charge >= 0.3 is 0 Å². The summed E-state index contributed by atoms with van der Waals surface area (Å²) in [6.45, 7) is 2.11. The molecule has 0 aliphatic rings. The van der Waals surface area contributed by atoms with E-state index in [0.29, 0.717) is 0 Å². The van der Waals surface area contributed by atoms with Crippen LogP contribution in [-0.2, 0) is 0 Å². The van der Waals surface area contributed by atoms with Gasteiger partial charge in [-0.15, -0.1) is 0 Å². The van der Waals surface area contributed by atoms with E-state index in [9.17, 15) is 4.39 Å². The van der Waals surface area contributed by atoms with Crippen LogP contribution in [-0.4, -0.2) is 0 Å². The maximum Gasteiger partial charge on any atom is 0.123 e. The van der Waals surface area contributed by atoms with Gasteiger partial charge in [0.05, 0.1) is 6.04 Å². The molecule has 2 atom stereocenters. The summed E-state index contributed by atoms with van der Waals surface area (Å²) < 4.78 is 13.4. The Morgan fingerprint density at radius 1 is 1.05 bits per heavy atom. The molecular weight excluding hydrogens is 239 g/mol. The molecule has 3 heteroatoms. The number of halogens is 1. The Labute approximate surface area is 113 Å². The topological polar surface area (TPSA) is 38.0 Å². The molecule has 0 aliphatic carbocycles. The summed E-state index contributed by atoms with van der Waals surface area (Å²) in [5, 5.41) is 0. The quantitative estimate of drug-likeness (QED) is 0.636.